The van der Waals surface area contributed by atoms with Crippen LogP contribution in [0.15, 0.2) is 29.4 Å². The van der Waals surface area contributed by atoms with Crippen LogP contribution in [-0.2, 0) is 0 Å². The Morgan fingerprint density at radius 1 is 1.20 bits per heavy atom. The number of fused-ring (bicyclic) bond motifs is 1. The summed E-state index contributed by atoms with van der Waals surface area (Å²) in [6.07, 6.45) is 0. The van der Waals surface area contributed by atoms with E-state index < -0.39 is 5.92 Å². The molecule has 0 amide bonds. The van der Waals surface area contributed by atoms with Crippen LogP contribution in [0.5, 0.6) is 0 Å². The van der Waals surface area contributed by atoms with Crippen molar-refractivity contribution in [3.05, 3.63) is 35.4 Å². The van der Waals surface area contributed by atoms with Crippen molar-refractivity contribution < 1.29 is 14.8 Å². The van der Waals surface area contributed by atoms with Gasteiger partial charge in [0.15, 0.2) is 11.6 Å². The van der Waals surface area contributed by atoms with Crippen LogP contribution in [0.2, 0.25) is 0 Å². The third kappa shape index (κ3) is 1.26. The van der Waals surface area contributed by atoms with E-state index >= 15 is 0 Å². The average molecular weight is 203 g/mol. The predicted octanol–water partition coefficient (Wildman–Crippen LogP) is 1.53. The Morgan fingerprint density at radius 2 is 1.67 bits per heavy atom. The third-order valence-corrected chi connectivity index (χ3v) is 2.56. The first-order valence-electron chi connectivity index (χ1n) is 4.53. The van der Waals surface area contributed by atoms with Crippen molar-refractivity contribution in [1.29, 1.82) is 0 Å². The molecule has 2 rings (SSSR count). The Morgan fingerprint density at radius 3 is 2.07 bits per heavy atom. The highest BCUT2D eigenvalue weighted by atomic mass is 16.4. The molecule has 0 aromatic heterocycles. The second-order valence-electron chi connectivity index (χ2n) is 3.45. The minimum absolute atomic E-state index is 0.140. The smallest absolute Gasteiger partial charge is 0.180 e. The number of benzene rings is 1. The molecule has 0 heterocycles. The maximum atomic E-state index is 11.8. The van der Waals surface area contributed by atoms with Gasteiger partial charge in [-0.25, -0.2) is 0 Å². The van der Waals surface area contributed by atoms with Gasteiger partial charge in [-0.15, -0.1) is 0 Å². The van der Waals surface area contributed by atoms with E-state index in [4.69, 9.17) is 5.21 Å². The fraction of sp³-hybridized carbons (Fsp3) is 0.182. The van der Waals surface area contributed by atoms with Crippen LogP contribution in [-0.4, -0.2) is 22.5 Å². The molecule has 1 aliphatic rings. The van der Waals surface area contributed by atoms with Crippen molar-refractivity contribution in [1.82, 2.24) is 0 Å². The summed E-state index contributed by atoms with van der Waals surface area (Å²) < 4.78 is 0. The van der Waals surface area contributed by atoms with Crippen molar-refractivity contribution in [2.45, 2.75) is 6.92 Å². The van der Waals surface area contributed by atoms with Crippen molar-refractivity contribution in [3.63, 3.8) is 0 Å². The maximum absolute atomic E-state index is 11.8. The summed E-state index contributed by atoms with van der Waals surface area (Å²) in [5.41, 5.74) is 0.965. The quantitative estimate of drug-likeness (QED) is 0.326. The summed E-state index contributed by atoms with van der Waals surface area (Å²) >= 11 is 0. The Kier molecular flexibility index (Phi) is 2.11. The Balaban J connectivity index is 2.55. The zero-order valence-corrected chi connectivity index (χ0v) is 8.10. The van der Waals surface area contributed by atoms with Crippen molar-refractivity contribution in [2.24, 2.45) is 11.1 Å². The van der Waals surface area contributed by atoms with Crippen LogP contribution >= 0.6 is 0 Å². The normalized spacial score (nSPS) is 17.0. The predicted molar refractivity (Wildman–Crippen MR) is 53.5 cm³/mol. The molecule has 0 unspecified atom stereocenters. The van der Waals surface area contributed by atoms with Gasteiger partial charge in [-0.2, -0.15) is 0 Å². The molecular formula is C11H9NO3. The first kappa shape index (κ1) is 9.58. The van der Waals surface area contributed by atoms with Crippen molar-refractivity contribution >= 4 is 17.3 Å². The number of rotatable bonds is 1. The summed E-state index contributed by atoms with van der Waals surface area (Å²) in [5.74, 6) is -1.51. The van der Waals surface area contributed by atoms with Crippen molar-refractivity contribution in [3.8, 4) is 0 Å². The lowest BCUT2D eigenvalue weighted by molar-refractivity contribution is 0.0880. The standard InChI is InChI=1S/C11H9NO3/c1-6(12-15)9-10(13)7-4-2-3-5-8(7)11(9)14/h2-5,9,15H,1H3/b12-6+. The van der Waals surface area contributed by atoms with Gasteiger partial charge in [-0.3, -0.25) is 9.59 Å². The molecule has 0 radical (unpaired) electrons. The number of carbonyl (C=O) groups excluding carboxylic acids is 2. The number of ketones is 2. The average Bonchev–Trinajstić information content (AvgIpc) is 2.52. The number of hydrogen-bond acceptors (Lipinski definition) is 4. The minimum Gasteiger partial charge on any atom is -0.411 e. The lowest BCUT2D eigenvalue weighted by atomic mass is 9.99. The number of oxime groups is 1. The molecule has 0 bridgehead atoms. The van der Waals surface area contributed by atoms with Crippen LogP contribution in [0.4, 0.5) is 0 Å². The van der Waals surface area contributed by atoms with Gasteiger partial charge in [0.2, 0.25) is 0 Å². The molecule has 4 heteroatoms. The summed E-state index contributed by atoms with van der Waals surface area (Å²) in [7, 11) is 0. The Bertz CT molecular complexity index is 441. The van der Waals surface area contributed by atoms with Crippen LogP contribution in [0, 0.1) is 5.92 Å². The molecule has 15 heavy (non-hydrogen) atoms. The molecule has 1 aromatic carbocycles. The molecule has 0 fully saturated rings. The summed E-state index contributed by atoms with van der Waals surface area (Å²) in [5, 5.41) is 11.5. The van der Waals surface area contributed by atoms with Crippen molar-refractivity contribution in [2.75, 3.05) is 0 Å². The van der Waals surface area contributed by atoms with E-state index in [0.717, 1.165) is 0 Å². The minimum atomic E-state index is -0.938. The molecule has 1 N–H and O–H groups in total. The summed E-state index contributed by atoms with van der Waals surface area (Å²) in [6, 6.07) is 6.63. The van der Waals surface area contributed by atoms with Crippen LogP contribution in [0.1, 0.15) is 27.6 Å². The number of nitrogens with zero attached hydrogens (tertiary/aromatic N) is 1. The lowest BCUT2D eigenvalue weighted by Crippen LogP contribution is -2.23. The molecule has 1 aliphatic carbocycles. The van der Waals surface area contributed by atoms with E-state index in [-0.39, 0.29) is 17.3 Å². The summed E-state index contributed by atoms with van der Waals surface area (Å²) in [4.78, 5) is 23.6. The lowest BCUT2D eigenvalue weighted by Gasteiger charge is -2.02. The third-order valence-electron chi connectivity index (χ3n) is 2.56. The molecule has 1 aromatic rings. The maximum Gasteiger partial charge on any atom is 0.180 e. The molecule has 0 atom stereocenters. The number of hydrogen-bond donors (Lipinski definition) is 1. The van der Waals surface area contributed by atoms with E-state index in [0.29, 0.717) is 11.1 Å². The first-order chi connectivity index (χ1) is 7.16. The first-order valence-corrected chi connectivity index (χ1v) is 4.53. The fourth-order valence-electron chi connectivity index (χ4n) is 1.78. The van der Waals surface area contributed by atoms with Gasteiger partial charge in [0.05, 0.1) is 5.71 Å². The van der Waals surface area contributed by atoms with Crippen LogP contribution in [0.3, 0.4) is 0 Å². The topological polar surface area (TPSA) is 66.7 Å². The van der Waals surface area contributed by atoms with E-state index in [1.54, 1.807) is 24.3 Å². The molecule has 4 nitrogen and oxygen atoms in total. The van der Waals surface area contributed by atoms with Gasteiger partial charge in [0.25, 0.3) is 0 Å². The monoisotopic (exact) mass is 203 g/mol. The summed E-state index contributed by atoms with van der Waals surface area (Å²) in [6.45, 7) is 1.46. The van der Waals surface area contributed by atoms with Gasteiger partial charge in [-0.05, 0) is 6.92 Å². The molecule has 76 valence electrons. The van der Waals surface area contributed by atoms with E-state index in [1.165, 1.54) is 6.92 Å². The zero-order chi connectivity index (χ0) is 11.0. The molecule has 0 saturated carbocycles. The molecule has 0 spiro atoms. The van der Waals surface area contributed by atoms with Gasteiger partial charge < -0.3 is 5.21 Å². The van der Waals surface area contributed by atoms with Gasteiger partial charge in [0, 0.05) is 11.1 Å². The number of carbonyl (C=O) groups is 2. The van der Waals surface area contributed by atoms with Gasteiger partial charge in [-0.1, -0.05) is 29.4 Å². The molecular weight excluding hydrogens is 194 g/mol. The van der Waals surface area contributed by atoms with Crippen LogP contribution < -0.4 is 0 Å². The highest BCUT2D eigenvalue weighted by molar-refractivity contribution is 6.36. The van der Waals surface area contributed by atoms with E-state index in [1.807, 2.05) is 0 Å². The van der Waals surface area contributed by atoms with E-state index in [9.17, 15) is 9.59 Å². The van der Waals surface area contributed by atoms with E-state index in [2.05, 4.69) is 5.16 Å². The highest BCUT2D eigenvalue weighted by Crippen LogP contribution is 2.27. The van der Waals surface area contributed by atoms with Gasteiger partial charge >= 0.3 is 0 Å². The Hall–Kier alpha value is -1.97. The largest absolute Gasteiger partial charge is 0.411 e. The van der Waals surface area contributed by atoms with Gasteiger partial charge in [0.1, 0.15) is 5.92 Å². The Labute approximate surface area is 86.2 Å². The highest BCUT2D eigenvalue weighted by Gasteiger charge is 2.40. The molecule has 0 saturated heterocycles. The SMILES string of the molecule is C/C(=N\O)C1C(=O)c2ccccc2C1=O. The fourth-order valence-corrected chi connectivity index (χ4v) is 1.78. The second kappa shape index (κ2) is 3.31. The van der Waals surface area contributed by atoms with Crippen LogP contribution in [0.25, 0.3) is 0 Å². The zero-order valence-electron chi connectivity index (χ0n) is 8.10. The molecule has 0 aliphatic heterocycles. The number of Topliss-reactive ketones (excluding diaryl/α,β-unsaturated/α-hetero) is 2. The second-order valence-corrected chi connectivity index (χ2v) is 3.45.